The van der Waals surface area contributed by atoms with E-state index in [1.165, 1.54) is 14.2 Å². The fourth-order valence-electron chi connectivity index (χ4n) is 1.96. The van der Waals surface area contributed by atoms with E-state index in [4.69, 9.17) is 14.6 Å². The molecule has 0 bridgehead atoms. The molecule has 6 heteroatoms. The highest BCUT2D eigenvalue weighted by atomic mass is 16.5. The molecule has 0 aromatic heterocycles. The lowest BCUT2D eigenvalue weighted by atomic mass is 9.94. The monoisotopic (exact) mass is 251 g/mol. The van der Waals surface area contributed by atoms with Crippen LogP contribution in [-0.4, -0.2) is 37.2 Å². The number of hydrogen-bond acceptors (Lipinski definition) is 4. The Morgan fingerprint density at radius 1 is 1.33 bits per heavy atom. The number of benzene rings is 1. The maximum Gasteiger partial charge on any atom is 0.326 e. The highest BCUT2D eigenvalue weighted by Crippen LogP contribution is 2.32. The van der Waals surface area contributed by atoms with E-state index in [1.54, 1.807) is 12.1 Å². The molecule has 0 aliphatic carbocycles. The van der Waals surface area contributed by atoms with Gasteiger partial charge in [-0.15, -0.1) is 0 Å². The Balaban J connectivity index is 2.47. The summed E-state index contributed by atoms with van der Waals surface area (Å²) in [7, 11) is 2.97. The zero-order valence-corrected chi connectivity index (χ0v) is 10.0. The van der Waals surface area contributed by atoms with E-state index in [2.05, 4.69) is 5.32 Å². The minimum Gasteiger partial charge on any atom is -0.493 e. The molecule has 2 rings (SSSR count). The number of carbonyl (C=O) groups excluding carboxylic acids is 1. The number of carbonyl (C=O) groups is 2. The van der Waals surface area contributed by atoms with E-state index in [9.17, 15) is 9.59 Å². The SMILES string of the molecule is COc1cc2c(cc1OC)C(=O)NC(C(=O)O)C2. The molecule has 1 aliphatic rings. The van der Waals surface area contributed by atoms with Crippen molar-refractivity contribution >= 4 is 11.9 Å². The number of amides is 1. The second-order valence-corrected chi connectivity index (χ2v) is 3.93. The molecule has 1 unspecified atom stereocenters. The van der Waals surface area contributed by atoms with E-state index in [0.29, 0.717) is 22.6 Å². The maximum atomic E-state index is 11.8. The fourth-order valence-corrected chi connectivity index (χ4v) is 1.96. The first-order valence-corrected chi connectivity index (χ1v) is 5.35. The molecular weight excluding hydrogens is 238 g/mol. The van der Waals surface area contributed by atoms with Gasteiger partial charge in [0.1, 0.15) is 6.04 Å². The minimum atomic E-state index is -1.05. The van der Waals surface area contributed by atoms with Crippen LogP contribution in [0.2, 0.25) is 0 Å². The van der Waals surface area contributed by atoms with Gasteiger partial charge in [-0.2, -0.15) is 0 Å². The van der Waals surface area contributed by atoms with Gasteiger partial charge in [0.2, 0.25) is 0 Å². The lowest BCUT2D eigenvalue weighted by Crippen LogP contribution is -2.46. The number of methoxy groups -OCH3 is 2. The quantitative estimate of drug-likeness (QED) is 0.814. The van der Waals surface area contributed by atoms with Crippen LogP contribution in [0.3, 0.4) is 0 Å². The summed E-state index contributed by atoms with van der Waals surface area (Å²) in [4.78, 5) is 22.7. The number of fused-ring (bicyclic) bond motifs is 1. The van der Waals surface area contributed by atoms with Gasteiger partial charge in [-0.25, -0.2) is 4.79 Å². The summed E-state index contributed by atoms with van der Waals surface area (Å²) in [6.07, 6.45) is 0.233. The number of ether oxygens (including phenoxy) is 2. The van der Waals surface area contributed by atoms with Crippen molar-refractivity contribution in [1.29, 1.82) is 0 Å². The molecule has 0 radical (unpaired) electrons. The van der Waals surface area contributed by atoms with E-state index in [0.717, 1.165) is 0 Å². The molecule has 1 heterocycles. The lowest BCUT2D eigenvalue weighted by Gasteiger charge is -2.23. The van der Waals surface area contributed by atoms with Gasteiger partial charge in [0.05, 0.1) is 14.2 Å². The molecular formula is C12H13NO5. The van der Waals surface area contributed by atoms with Gasteiger partial charge < -0.3 is 19.9 Å². The van der Waals surface area contributed by atoms with E-state index < -0.39 is 17.9 Å². The molecule has 18 heavy (non-hydrogen) atoms. The molecule has 0 fully saturated rings. The van der Waals surface area contributed by atoms with Gasteiger partial charge in [0.25, 0.3) is 5.91 Å². The zero-order chi connectivity index (χ0) is 13.3. The van der Waals surface area contributed by atoms with Crippen LogP contribution in [-0.2, 0) is 11.2 Å². The third kappa shape index (κ3) is 1.97. The Bertz CT molecular complexity index is 511. The highest BCUT2D eigenvalue weighted by molar-refractivity contribution is 6.00. The summed E-state index contributed by atoms with van der Waals surface area (Å²) in [5, 5.41) is 11.4. The minimum absolute atomic E-state index is 0.233. The van der Waals surface area contributed by atoms with Crippen molar-refractivity contribution < 1.29 is 24.2 Å². The molecule has 1 atom stereocenters. The van der Waals surface area contributed by atoms with Crippen LogP contribution in [0.5, 0.6) is 11.5 Å². The largest absolute Gasteiger partial charge is 0.493 e. The highest BCUT2D eigenvalue weighted by Gasteiger charge is 2.30. The molecule has 6 nitrogen and oxygen atoms in total. The van der Waals surface area contributed by atoms with Crippen molar-refractivity contribution in [1.82, 2.24) is 5.32 Å². The average Bonchev–Trinajstić information content (AvgIpc) is 2.36. The van der Waals surface area contributed by atoms with Crippen LogP contribution in [0.15, 0.2) is 12.1 Å². The van der Waals surface area contributed by atoms with E-state index in [-0.39, 0.29) is 6.42 Å². The molecule has 1 amide bonds. The average molecular weight is 251 g/mol. The van der Waals surface area contributed by atoms with Gasteiger partial charge in [-0.05, 0) is 17.7 Å². The van der Waals surface area contributed by atoms with Crippen molar-refractivity contribution in [3.05, 3.63) is 23.3 Å². The Labute approximate surface area is 104 Å². The lowest BCUT2D eigenvalue weighted by molar-refractivity contribution is -0.139. The molecule has 96 valence electrons. The zero-order valence-electron chi connectivity index (χ0n) is 10.0. The van der Waals surface area contributed by atoms with Crippen molar-refractivity contribution in [2.45, 2.75) is 12.5 Å². The van der Waals surface area contributed by atoms with Gasteiger partial charge in [-0.3, -0.25) is 4.79 Å². The summed E-state index contributed by atoms with van der Waals surface area (Å²) in [5.41, 5.74) is 1.06. The Morgan fingerprint density at radius 2 is 1.94 bits per heavy atom. The topological polar surface area (TPSA) is 84.9 Å². The molecule has 1 aliphatic heterocycles. The van der Waals surface area contributed by atoms with Crippen molar-refractivity contribution in [2.24, 2.45) is 0 Å². The van der Waals surface area contributed by atoms with Crippen molar-refractivity contribution in [2.75, 3.05) is 14.2 Å². The molecule has 0 saturated heterocycles. The van der Waals surface area contributed by atoms with Crippen LogP contribution in [0.1, 0.15) is 15.9 Å². The predicted octanol–water partition coefficient (Wildman–Crippen LogP) is 0.443. The van der Waals surface area contributed by atoms with Crippen LogP contribution in [0.25, 0.3) is 0 Å². The Kier molecular flexibility index (Phi) is 3.10. The van der Waals surface area contributed by atoms with Gasteiger partial charge in [-0.1, -0.05) is 0 Å². The van der Waals surface area contributed by atoms with Crippen LogP contribution in [0.4, 0.5) is 0 Å². The molecule has 1 aromatic rings. The van der Waals surface area contributed by atoms with Gasteiger partial charge in [0, 0.05) is 12.0 Å². The first-order chi connectivity index (χ1) is 8.56. The van der Waals surface area contributed by atoms with Crippen LogP contribution in [0, 0.1) is 0 Å². The molecule has 0 spiro atoms. The third-order valence-corrected chi connectivity index (χ3v) is 2.88. The number of hydrogen-bond donors (Lipinski definition) is 2. The van der Waals surface area contributed by atoms with Crippen LogP contribution >= 0.6 is 0 Å². The van der Waals surface area contributed by atoms with Gasteiger partial charge >= 0.3 is 5.97 Å². The Morgan fingerprint density at radius 3 is 2.50 bits per heavy atom. The second-order valence-electron chi connectivity index (χ2n) is 3.93. The number of nitrogens with one attached hydrogen (secondary N) is 1. The van der Waals surface area contributed by atoms with E-state index in [1.807, 2.05) is 0 Å². The molecule has 1 aromatic carbocycles. The van der Waals surface area contributed by atoms with E-state index >= 15 is 0 Å². The number of carboxylic acids is 1. The van der Waals surface area contributed by atoms with Gasteiger partial charge in [0.15, 0.2) is 11.5 Å². The first-order valence-electron chi connectivity index (χ1n) is 5.35. The van der Waals surface area contributed by atoms with Crippen molar-refractivity contribution in [3.63, 3.8) is 0 Å². The second kappa shape index (κ2) is 4.56. The number of aliphatic carboxylic acids is 1. The van der Waals surface area contributed by atoms with Crippen LogP contribution < -0.4 is 14.8 Å². The fraction of sp³-hybridized carbons (Fsp3) is 0.333. The summed E-state index contributed by atoms with van der Waals surface area (Å²) in [6.45, 7) is 0. The first kappa shape index (κ1) is 12.2. The number of carboxylic acid groups (broad SMARTS) is 1. The smallest absolute Gasteiger partial charge is 0.326 e. The standard InChI is InChI=1S/C12H13NO5/c1-17-9-4-6-3-8(12(15)16)13-11(14)7(6)5-10(9)18-2/h4-5,8H,3H2,1-2H3,(H,13,14)(H,15,16). The normalized spacial score (nSPS) is 17.7. The Hall–Kier alpha value is -2.24. The maximum absolute atomic E-state index is 11.8. The summed E-state index contributed by atoms with van der Waals surface area (Å²) >= 11 is 0. The summed E-state index contributed by atoms with van der Waals surface area (Å²) in [5.74, 6) is -0.538. The number of rotatable bonds is 3. The molecule has 2 N–H and O–H groups in total. The predicted molar refractivity (Wildman–Crippen MR) is 62.1 cm³/mol. The third-order valence-electron chi connectivity index (χ3n) is 2.88. The molecule has 0 saturated carbocycles. The summed E-state index contributed by atoms with van der Waals surface area (Å²) in [6, 6.07) is 2.30. The summed E-state index contributed by atoms with van der Waals surface area (Å²) < 4.78 is 10.2. The van der Waals surface area contributed by atoms with Crippen molar-refractivity contribution in [3.8, 4) is 11.5 Å².